The second kappa shape index (κ2) is 9.66. The van der Waals surface area contributed by atoms with Gasteiger partial charge in [0, 0.05) is 11.8 Å². The van der Waals surface area contributed by atoms with Crippen molar-refractivity contribution in [3.05, 3.63) is 73.5 Å². The maximum Gasteiger partial charge on any atom is 0.0698 e. The van der Waals surface area contributed by atoms with Crippen LogP contribution in [0, 0.1) is 0 Å². The molecule has 0 rings (SSSR count). The Balaban J connectivity index is 5.25. The van der Waals surface area contributed by atoms with Crippen LogP contribution in [0.3, 0.4) is 0 Å². The molecular formula is C15H19N. The van der Waals surface area contributed by atoms with Gasteiger partial charge in [0.15, 0.2) is 0 Å². The minimum absolute atomic E-state index is 0.901. The molecule has 0 spiro atoms. The molecule has 16 heavy (non-hydrogen) atoms. The Morgan fingerprint density at radius 2 is 1.75 bits per heavy atom. The normalized spacial score (nSPS) is 14.1. The Hall–Kier alpha value is -1.89. The minimum Gasteiger partial charge on any atom is -0.257 e. The van der Waals surface area contributed by atoms with Crippen LogP contribution in [-0.2, 0) is 0 Å². The highest BCUT2D eigenvalue weighted by atomic mass is 14.7. The molecular weight excluding hydrogens is 194 g/mol. The Bertz CT molecular complexity index is 363. The predicted molar refractivity (Wildman–Crippen MR) is 74.7 cm³/mol. The lowest BCUT2D eigenvalue weighted by Gasteiger charge is -2.00. The summed E-state index contributed by atoms with van der Waals surface area (Å²) >= 11 is 0. The van der Waals surface area contributed by atoms with Crippen molar-refractivity contribution in [2.45, 2.75) is 13.8 Å². The van der Waals surface area contributed by atoms with Crippen LogP contribution in [0.2, 0.25) is 0 Å². The topological polar surface area (TPSA) is 12.4 Å². The Kier molecular flexibility index (Phi) is 8.52. The van der Waals surface area contributed by atoms with Gasteiger partial charge in [0.05, 0.1) is 5.71 Å². The molecule has 0 amide bonds. The molecule has 0 radical (unpaired) electrons. The first-order valence-electron chi connectivity index (χ1n) is 5.24. The van der Waals surface area contributed by atoms with Gasteiger partial charge in [0.1, 0.15) is 0 Å². The van der Waals surface area contributed by atoms with E-state index >= 15 is 0 Å². The molecule has 0 bridgehead atoms. The van der Waals surface area contributed by atoms with Gasteiger partial charge in [0.25, 0.3) is 0 Å². The summed E-state index contributed by atoms with van der Waals surface area (Å²) in [7, 11) is 0. The molecule has 0 aromatic rings. The molecule has 1 heteroatoms. The number of nitrogens with zero attached hydrogens (tertiary/aromatic N) is 1. The summed E-state index contributed by atoms with van der Waals surface area (Å²) in [6, 6.07) is 0. The van der Waals surface area contributed by atoms with Crippen molar-refractivity contribution in [2.24, 2.45) is 4.99 Å². The molecule has 0 heterocycles. The van der Waals surface area contributed by atoms with E-state index in [9.17, 15) is 0 Å². The van der Waals surface area contributed by atoms with Gasteiger partial charge in [-0.05, 0) is 19.9 Å². The number of aliphatic imine (C=N–C) groups is 1. The maximum absolute atomic E-state index is 4.35. The fourth-order valence-electron chi connectivity index (χ4n) is 1.05. The lowest BCUT2D eigenvalue weighted by atomic mass is 10.1. The van der Waals surface area contributed by atoms with Crippen LogP contribution < -0.4 is 0 Å². The van der Waals surface area contributed by atoms with Crippen LogP contribution in [0.25, 0.3) is 0 Å². The molecule has 0 aromatic heterocycles. The molecule has 84 valence electrons. The van der Waals surface area contributed by atoms with E-state index in [1.807, 2.05) is 50.3 Å². The number of hydrogen-bond acceptors (Lipinski definition) is 1. The first-order valence-corrected chi connectivity index (χ1v) is 5.24. The Morgan fingerprint density at radius 1 is 1.00 bits per heavy atom. The van der Waals surface area contributed by atoms with Crippen molar-refractivity contribution in [3.8, 4) is 0 Å². The van der Waals surface area contributed by atoms with Crippen LogP contribution in [0.5, 0.6) is 0 Å². The zero-order valence-electron chi connectivity index (χ0n) is 10.1. The fourth-order valence-corrected chi connectivity index (χ4v) is 1.05. The number of allylic oxidation sites excluding steroid dienone is 9. The van der Waals surface area contributed by atoms with Crippen LogP contribution in [0.15, 0.2) is 78.5 Å². The Morgan fingerprint density at radius 3 is 2.25 bits per heavy atom. The smallest absolute Gasteiger partial charge is 0.0698 e. The molecule has 0 aromatic carbocycles. The zero-order chi connectivity index (χ0) is 12.2. The SMILES string of the molecule is C=C\C=C/C(=C\C=C)C(/C=C\C)=N\C=C/C. The molecule has 0 aliphatic heterocycles. The van der Waals surface area contributed by atoms with E-state index in [2.05, 4.69) is 18.2 Å². The molecule has 0 saturated heterocycles. The average molecular weight is 213 g/mol. The highest BCUT2D eigenvalue weighted by Crippen LogP contribution is 2.04. The van der Waals surface area contributed by atoms with Crippen molar-refractivity contribution in [1.82, 2.24) is 0 Å². The Labute approximate surface area is 98.6 Å². The second-order valence-corrected chi connectivity index (χ2v) is 2.95. The van der Waals surface area contributed by atoms with Gasteiger partial charge in [-0.3, -0.25) is 4.99 Å². The summed E-state index contributed by atoms with van der Waals surface area (Å²) in [6.07, 6.45) is 16.8. The van der Waals surface area contributed by atoms with Crippen LogP contribution >= 0.6 is 0 Å². The third-order valence-electron chi connectivity index (χ3n) is 1.69. The third-order valence-corrected chi connectivity index (χ3v) is 1.69. The summed E-state index contributed by atoms with van der Waals surface area (Å²) in [5.74, 6) is 0. The highest BCUT2D eigenvalue weighted by molar-refractivity contribution is 6.10. The van der Waals surface area contributed by atoms with Crippen molar-refractivity contribution in [3.63, 3.8) is 0 Å². The molecule has 0 fully saturated rings. The zero-order valence-corrected chi connectivity index (χ0v) is 10.1. The van der Waals surface area contributed by atoms with Crippen molar-refractivity contribution >= 4 is 5.71 Å². The molecule has 0 aliphatic rings. The summed E-state index contributed by atoms with van der Waals surface area (Å²) in [5, 5.41) is 0. The number of hydrogen-bond donors (Lipinski definition) is 0. The lowest BCUT2D eigenvalue weighted by Crippen LogP contribution is -1.95. The first-order chi connectivity index (χ1) is 7.79. The van der Waals surface area contributed by atoms with Gasteiger partial charge in [-0.15, -0.1) is 0 Å². The molecule has 0 unspecified atom stereocenters. The van der Waals surface area contributed by atoms with Gasteiger partial charge in [-0.25, -0.2) is 0 Å². The van der Waals surface area contributed by atoms with Crippen LogP contribution in [0.1, 0.15) is 13.8 Å². The van der Waals surface area contributed by atoms with Gasteiger partial charge in [-0.2, -0.15) is 0 Å². The monoisotopic (exact) mass is 213 g/mol. The van der Waals surface area contributed by atoms with Crippen molar-refractivity contribution < 1.29 is 0 Å². The summed E-state index contributed by atoms with van der Waals surface area (Å²) in [6.45, 7) is 11.3. The standard InChI is InChI=1S/C15H19N/c1-5-9-12-14(10-6-2)15(11-7-3)16-13-8-4/h5-13H,1-2H2,3-4H3/b11-7-,12-9-,13-8-,14-10+,16-15-. The lowest BCUT2D eigenvalue weighted by molar-refractivity contribution is 1.50. The summed E-state index contributed by atoms with van der Waals surface area (Å²) in [4.78, 5) is 4.35. The quantitative estimate of drug-likeness (QED) is 0.458. The van der Waals surface area contributed by atoms with Gasteiger partial charge >= 0.3 is 0 Å². The van der Waals surface area contributed by atoms with Gasteiger partial charge < -0.3 is 0 Å². The third kappa shape index (κ3) is 5.76. The van der Waals surface area contributed by atoms with E-state index < -0.39 is 0 Å². The average Bonchev–Trinajstić information content (AvgIpc) is 2.30. The van der Waals surface area contributed by atoms with E-state index in [-0.39, 0.29) is 0 Å². The minimum atomic E-state index is 0.901. The van der Waals surface area contributed by atoms with Crippen LogP contribution in [0.4, 0.5) is 0 Å². The van der Waals surface area contributed by atoms with Crippen LogP contribution in [-0.4, -0.2) is 5.71 Å². The molecule has 0 saturated carbocycles. The summed E-state index contributed by atoms with van der Waals surface area (Å²) < 4.78 is 0. The van der Waals surface area contributed by atoms with Crippen molar-refractivity contribution in [1.29, 1.82) is 0 Å². The molecule has 0 N–H and O–H groups in total. The van der Waals surface area contributed by atoms with Gasteiger partial charge in [0.2, 0.25) is 0 Å². The summed E-state index contributed by atoms with van der Waals surface area (Å²) in [5.41, 5.74) is 1.91. The fraction of sp³-hybridized carbons (Fsp3) is 0.133. The second-order valence-electron chi connectivity index (χ2n) is 2.95. The van der Waals surface area contributed by atoms with Crippen molar-refractivity contribution in [2.75, 3.05) is 0 Å². The largest absolute Gasteiger partial charge is 0.257 e. The molecule has 0 atom stereocenters. The van der Waals surface area contributed by atoms with E-state index in [0.717, 1.165) is 11.3 Å². The highest BCUT2D eigenvalue weighted by Gasteiger charge is 1.97. The molecule has 0 aliphatic carbocycles. The number of rotatable bonds is 6. The van der Waals surface area contributed by atoms with E-state index in [0.29, 0.717) is 0 Å². The maximum atomic E-state index is 4.35. The van der Waals surface area contributed by atoms with E-state index in [4.69, 9.17) is 0 Å². The van der Waals surface area contributed by atoms with Gasteiger partial charge in [-0.1, -0.05) is 55.7 Å². The van der Waals surface area contributed by atoms with E-state index in [1.165, 1.54) is 0 Å². The predicted octanol–water partition coefficient (Wildman–Crippen LogP) is 4.39. The van der Waals surface area contributed by atoms with E-state index in [1.54, 1.807) is 18.4 Å². The molecule has 1 nitrogen and oxygen atoms in total. The first kappa shape index (κ1) is 14.1.